The molecule has 0 aromatic rings. The number of sulfone groups is 1. The third-order valence-electron chi connectivity index (χ3n) is 17.4. The van der Waals surface area contributed by atoms with E-state index in [1.165, 1.54) is 68.1 Å². The lowest BCUT2D eigenvalue weighted by Crippen LogP contribution is -2.68. The number of amides is 1. The lowest BCUT2D eigenvalue weighted by molar-refractivity contribution is -0.221. The van der Waals surface area contributed by atoms with Crippen LogP contribution in [0.1, 0.15) is 119 Å². The smallest absolute Gasteiger partial charge is 0.236 e. The highest BCUT2D eigenvalue weighted by atomic mass is 32.2. The maximum Gasteiger partial charge on any atom is 0.236 e. The highest BCUT2D eigenvalue weighted by molar-refractivity contribution is 7.91. The van der Waals surface area contributed by atoms with Crippen molar-refractivity contribution in [2.24, 2.45) is 57.2 Å². The van der Waals surface area contributed by atoms with Crippen LogP contribution in [0.25, 0.3) is 0 Å². The van der Waals surface area contributed by atoms with Crippen molar-refractivity contribution >= 4 is 25.8 Å². The van der Waals surface area contributed by atoms with Crippen molar-refractivity contribution in [3.8, 4) is 0 Å². The van der Waals surface area contributed by atoms with Crippen LogP contribution in [0.15, 0.2) is 35.5 Å². The molecule has 1 saturated heterocycles. The lowest BCUT2D eigenvalue weighted by atomic mass is 9.33. The summed E-state index contributed by atoms with van der Waals surface area (Å²) in [6.45, 7) is 23.1. The molecule has 8 nitrogen and oxygen atoms in total. The van der Waals surface area contributed by atoms with Gasteiger partial charge in [0.15, 0.2) is 9.84 Å². The number of allylic oxidation sites excluding steroid dienone is 5. The van der Waals surface area contributed by atoms with E-state index in [2.05, 4.69) is 75.2 Å². The summed E-state index contributed by atoms with van der Waals surface area (Å²) in [6.07, 6.45) is 19.1. The summed E-state index contributed by atoms with van der Waals surface area (Å²) in [5, 5.41) is 4.21. The first-order valence-electron chi connectivity index (χ1n) is 20.9. The molecular formula is C43H69N3O5S2. The quantitative estimate of drug-likeness (QED) is 0.255. The van der Waals surface area contributed by atoms with Gasteiger partial charge < -0.3 is 10.2 Å². The molecular weight excluding hydrogens is 703 g/mol. The van der Waals surface area contributed by atoms with E-state index in [0.717, 1.165) is 32.2 Å². The van der Waals surface area contributed by atoms with E-state index in [4.69, 9.17) is 0 Å². The van der Waals surface area contributed by atoms with Crippen LogP contribution in [0.2, 0.25) is 0 Å². The van der Waals surface area contributed by atoms with Gasteiger partial charge in [0.2, 0.25) is 15.9 Å². The lowest BCUT2D eigenvalue weighted by Gasteiger charge is -2.72. The number of hydrogen-bond acceptors (Lipinski definition) is 7. The van der Waals surface area contributed by atoms with Crippen molar-refractivity contribution in [2.45, 2.75) is 124 Å². The predicted molar refractivity (Wildman–Crippen MR) is 214 cm³/mol. The second kappa shape index (κ2) is 13.6. The number of carbonyl (C=O) groups is 1. The third-order valence-corrected chi connectivity index (χ3v) is 19.6. The largest absolute Gasteiger partial charge is 0.310 e. The molecule has 6 aliphatic carbocycles. The number of carbonyl (C=O) groups excluding carboxylic acids is 1. The van der Waals surface area contributed by atoms with Gasteiger partial charge in [0.25, 0.3) is 0 Å². The van der Waals surface area contributed by atoms with Gasteiger partial charge in [0.1, 0.15) is 0 Å². The van der Waals surface area contributed by atoms with E-state index >= 15 is 0 Å². The van der Waals surface area contributed by atoms with Gasteiger partial charge >= 0.3 is 0 Å². The Morgan fingerprint density at radius 3 is 2.28 bits per heavy atom. The van der Waals surface area contributed by atoms with Crippen molar-refractivity contribution in [3.05, 3.63) is 35.5 Å². The molecule has 0 radical (unpaired) electrons. The number of hydrogen-bond donors (Lipinski definition) is 2. The summed E-state index contributed by atoms with van der Waals surface area (Å²) in [6, 6.07) is 0. The molecule has 10 unspecified atom stereocenters. The van der Waals surface area contributed by atoms with E-state index in [0.29, 0.717) is 67.0 Å². The highest BCUT2D eigenvalue weighted by Crippen LogP contribution is 2.76. The fourth-order valence-corrected chi connectivity index (χ4v) is 16.4. The molecule has 10 heteroatoms. The Morgan fingerprint density at radius 2 is 1.64 bits per heavy atom. The molecule has 0 aromatic carbocycles. The van der Waals surface area contributed by atoms with Crippen molar-refractivity contribution in [1.82, 2.24) is 14.9 Å². The van der Waals surface area contributed by atoms with Crippen LogP contribution < -0.4 is 10.0 Å². The number of rotatable bonds is 8. The zero-order valence-electron chi connectivity index (χ0n) is 33.9. The first-order valence-corrected chi connectivity index (χ1v) is 24.6. The van der Waals surface area contributed by atoms with Crippen LogP contribution in [-0.2, 0) is 24.7 Å². The molecule has 7 aliphatic rings. The molecule has 5 fully saturated rings. The molecule has 298 valence electrons. The standard InChI is InChI=1S/C43H69N3O5S2/c1-29(2)32-15-20-43(44-23-24-46-25-27-53(50,51)28-26-46)22-21-41(6)34(37(32)43)13-14-36-40(5)18-16-33(39(3,4)35(40)17-19-42(36,41)7)30-9-11-31(12-10-30)38(47)45-52(8,48)49/h9,16,31-32,34-37,44H,1,10-15,17-28H2,2-8H3,(H,45,47). The summed E-state index contributed by atoms with van der Waals surface area (Å²) < 4.78 is 49.7. The molecule has 4 saturated carbocycles. The van der Waals surface area contributed by atoms with Crippen LogP contribution in [0.5, 0.6) is 0 Å². The van der Waals surface area contributed by atoms with E-state index < -0.39 is 19.9 Å². The van der Waals surface area contributed by atoms with Crippen LogP contribution in [-0.4, -0.2) is 77.1 Å². The molecule has 0 spiro atoms. The van der Waals surface area contributed by atoms with Gasteiger partial charge in [-0.25, -0.2) is 16.8 Å². The summed E-state index contributed by atoms with van der Waals surface area (Å²) in [7, 11) is -6.42. The Labute approximate surface area is 321 Å². The Morgan fingerprint density at radius 1 is 0.925 bits per heavy atom. The SMILES string of the molecule is C=C(C)C1CCC2(NCCN3CCS(=O)(=O)CC3)CCC3(C)C(CCC4C5(C)CC=C(C6=CCC(C(=O)NS(C)(=O)=O)CC6)C(C)(C)C5CCC43C)C12. The maximum absolute atomic E-state index is 12.6. The van der Waals surface area contributed by atoms with Crippen LogP contribution in [0.4, 0.5) is 0 Å². The number of fused-ring (bicyclic) bond motifs is 7. The Hall–Kier alpha value is -1.49. The average molecular weight is 772 g/mol. The number of sulfonamides is 1. The predicted octanol–water partition coefficient (Wildman–Crippen LogP) is 7.06. The molecule has 1 amide bonds. The van der Waals surface area contributed by atoms with Crippen molar-refractivity contribution in [3.63, 3.8) is 0 Å². The second-order valence-corrected chi connectivity index (χ2v) is 24.3. The number of nitrogens with one attached hydrogen (secondary N) is 2. The molecule has 10 atom stereocenters. The van der Waals surface area contributed by atoms with Gasteiger partial charge in [-0.1, -0.05) is 58.9 Å². The molecule has 0 bridgehead atoms. The first-order chi connectivity index (χ1) is 24.7. The van der Waals surface area contributed by atoms with Gasteiger partial charge in [0.05, 0.1) is 17.8 Å². The third kappa shape index (κ3) is 6.67. The molecule has 1 aliphatic heterocycles. The van der Waals surface area contributed by atoms with Crippen molar-refractivity contribution < 1.29 is 21.6 Å². The van der Waals surface area contributed by atoms with E-state index in [1.807, 2.05) is 0 Å². The fraction of sp³-hybridized carbons (Fsp3) is 0.837. The van der Waals surface area contributed by atoms with Crippen molar-refractivity contribution in [2.75, 3.05) is 43.9 Å². The van der Waals surface area contributed by atoms with E-state index in [9.17, 15) is 21.6 Å². The van der Waals surface area contributed by atoms with E-state index in [1.54, 1.807) is 0 Å². The van der Waals surface area contributed by atoms with Gasteiger partial charge in [-0.2, -0.15) is 0 Å². The first kappa shape index (κ1) is 39.7. The monoisotopic (exact) mass is 771 g/mol. The molecule has 2 N–H and O–H groups in total. The minimum absolute atomic E-state index is 0.0282. The van der Waals surface area contributed by atoms with Crippen LogP contribution >= 0.6 is 0 Å². The minimum atomic E-state index is -3.55. The maximum atomic E-state index is 12.6. The summed E-state index contributed by atoms with van der Waals surface area (Å²) in [4.78, 5) is 15.0. The molecule has 53 heavy (non-hydrogen) atoms. The Kier molecular flexibility index (Phi) is 10.2. The summed E-state index contributed by atoms with van der Waals surface area (Å²) >= 11 is 0. The number of nitrogens with zero attached hydrogens (tertiary/aromatic N) is 1. The zero-order valence-corrected chi connectivity index (χ0v) is 35.5. The van der Waals surface area contributed by atoms with Gasteiger partial charge in [0, 0.05) is 37.6 Å². The zero-order chi connectivity index (χ0) is 38.4. The second-order valence-electron chi connectivity index (χ2n) is 20.2. The Bertz CT molecular complexity index is 1770. The van der Waals surface area contributed by atoms with Crippen LogP contribution in [0.3, 0.4) is 0 Å². The molecule has 7 rings (SSSR count). The Balaban J connectivity index is 1.11. The van der Waals surface area contributed by atoms with Crippen molar-refractivity contribution in [1.29, 1.82) is 0 Å². The normalized spacial score (nSPS) is 43.6. The summed E-state index contributed by atoms with van der Waals surface area (Å²) in [5.74, 6) is 2.99. The molecule has 1 heterocycles. The van der Waals surface area contributed by atoms with Gasteiger partial charge in [-0.05, 0) is 146 Å². The van der Waals surface area contributed by atoms with Crippen LogP contribution in [0, 0.1) is 57.2 Å². The van der Waals surface area contributed by atoms with Gasteiger partial charge in [-0.3, -0.25) is 9.52 Å². The average Bonchev–Trinajstić information content (AvgIpc) is 3.45. The topological polar surface area (TPSA) is 113 Å². The fourth-order valence-electron chi connectivity index (χ4n) is 14.6. The minimum Gasteiger partial charge on any atom is -0.310 e. The highest BCUT2D eigenvalue weighted by Gasteiger charge is 2.70. The van der Waals surface area contributed by atoms with Gasteiger partial charge in [-0.15, -0.1) is 0 Å². The molecule has 0 aromatic heterocycles. The summed E-state index contributed by atoms with van der Waals surface area (Å²) in [5.41, 5.74) is 5.13. The van der Waals surface area contributed by atoms with E-state index in [-0.39, 0.29) is 39.0 Å².